The molecule has 0 saturated carbocycles. The predicted octanol–water partition coefficient (Wildman–Crippen LogP) is 1.01. The van der Waals surface area contributed by atoms with Crippen LogP contribution in [0.15, 0.2) is 18.5 Å². The van der Waals surface area contributed by atoms with Gasteiger partial charge in [0.2, 0.25) is 5.91 Å². The number of hydrogen-bond donors (Lipinski definition) is 3. The fraction of sp³-hybridized carbons (Fsp3) is 0.385. The summed E-state index contributed by atoms with van der Waals surface area (Å²) in [6, 6.07) is 0.513. The van der Waals surface area contributed by atoms with Crippen LogP contribution < -0.4 is 16.4 Å². The number of hydrogen-bond acceptors (Lipinski definition) is 4. The first-order valence-corrected chi connectivity index (χ1v) is 6.58. The number of nitrogens with one attached hydrogen (secondary N) is 2. The minimum absolute atomic E-state index is 0.204. The fourth-order valence-corrected chi connectivity index (χ4v) is 1.92. The Bertz CT molecular complexity index is 678. The third kappa shape index (κ3) is 3.28. The maximum atomic E-state index is 11.9. The molecule has 4 N–H and O–H groups in total. The molecule has 1 atom stereocenters. The normalized spacial score (nSPS) is 12.4. The monoisotopic (exact) mass is 290 g/mol. The molecular weight excluding hydrogens is 272 g/mol. The second-order valence-corrected chi connectivity index (χ2v) is 5.04. The maximum Gasteiger partial charge on any atom is 0.312 e. The van der Waals surface area contributed by atoms with Gasteiger partial charge in [0.15, 0.2) is 5.65 Å². The maximum absolute atomic E-state index is 11.9. The van der Waals surface area contributed by atoms with Gasteiger partial charge in [-0.1, -0.05) is 0 Å². The second kappa shape index (κ2) is 5.78. The number of primary amides is 1. The van der Waals surface area contributed by atoms with Gasteiger partial charge in [0, 0.05) is 11.4 Å². The minimum Gasteiger partial charge on any atom is -0.352 e. The Labute approximate surface area is 121 Å². The van der Waals surface area contributed by atoms with E-state index in [0.717, 1.165) is 11.0 Å². The van der Waals surface area contributed by atoms with E-state index in [1.165, 1.54) is 0 Å². The third-order valence-electron chi connectivity index (χ3n) is 2.94. The summed E-state index contributed by atoms with van der Waals surface area (Å²) in [5, 5.41) is 10.1. The molecule has 2 heterocycles. The summed E-state index contributed by atoms with van der Waals surface area (Å²) < 4.78 is 1.80. The van der Waals surface area contributed by atoms with Gasteiger partial charge in [-0.05, 0) is 26.8 Å². The first-order valence-electron chi connectivity index (χ1n) is 6.58. The highest BCUT2D eigenvalue weighted by molar-refractivity contribution is 5.97. The molecule has 0 aliphatic rings. The van der Waals surface area contributed by atoms with Crippen LogP contribution in [-0.4, -0.2) is 32.7 Å². The van der Waals surface area contributed by atoms with Crippen LogP contribution in [0.1, 0.15) is 26.8 Å². The molecule has 0 unspecified atom stereocenters. The summed E-state index contributed by atoms with van der Waals surface area (Å²) in [5.74, 6) is -0.369. The topological polar surface area (TPSA) is 115 Å². The predicted molar refractivity (Wildman–Crippen MR) is 78.7 cm³/mol. The zero-order valence-electron chi connectivity index (χ0n) is 12.1. The molecule has 0 radical (unpaired) electrons. The van der Waals surface area contributed by atoms with E-state index in [2.05, 4.69) is 20.7 Å². The number of amides is 3. The molecule has 0 aliphatic carbocycles. The van der Waals surface area contributed by atoms with Crippen molar-refractivity contribution in [3.63, 3.8) is 0 Å². The van der Waals surface area contributed by atoms with Gasteiger partial charge in [0.25, 0.3) is 0 Å². The molecule has 0 spiro atoms. The van der Waals surface area contributed by atoms with Crippen molar-refractivity contribution in [1.29, 1.82) is 0 Å². The fourth-order valence-electron chi connectivity index (χ4n) is 1.92. The molecule has 2 aromatic rings. The molecule has 0 bridgehead atoms. The molecule has 0 aromatic carbocycles. The van der Waals surface area contributed by atoms with Crippen LogP contribution >= 0.6 is 0 Å². The Hall–Kier alpha value is -2.64. The summed E-state index contributed by atoms with van der Waals surface area (Å²) in [6.45, 7) is 5.57. The van der Waals surface area contributed by atoms with Crippen molar-refractivity contribution < 1.29 is 9.59 Å². The Morgan fingerprint density at radius 1 is 1.29 bits per heavy atom. The molecule has 21 heavy (non-hydrogen) atoms. The average Bonchev–Trinajstić information content (AvgIpc) is 2.80. The Morgan fingerprint density at radius 2 is 2.00 bits per heavy atom. The number of carbonyl (C=O) groups excluding carboxylic acids is 2. The second-order valence-electron chi connectivity index (χ2n) is 5.04. The molecule has 0 fully saturated rings. The van der Waals surface area contributed by atoms with Crippen molar-refractivity contribution in [3.05, 3.63) is 18.5 Å². The lowest BCUT2D eigenvalue weighted by atomic mass is 10.3. The van der Waals surface area contributed by atoms with Crippen molar-refractivity contribution in [1.82, 2.24) is 20.1 Å². The van der Waals surface area contributed by atoms with E-state index in [-0.39, 0.29) is 11.9 Å². The van der Waals surface area contributed by atoms with Crippen LogP contribution in [0.3, 0.4) is 0 Å². The number of nitrogens with two attached hydrogens (primary N) is 1. The summed E-state index contributed by atoms with van der Waals surface area (Å²) in [5.41, 5.74) is 6.27. The minimum atomic E-state index is -0.746. The Balaban J connectivity index is 2.16. The highest BCUT2D eigenvalue weighted by Crippen LogP contribution is 2.19. The van der Waals surface area contributed by atoms with E-state index < -0.39 is 12.1 Å². The molecule has 2 rings (SSSR count). The number of fused-ring (bicyclic) bond motifs is 1. The van der Waals surface area contributed by atoms with Crippen LogP contribution in [0.2, 0.25) is 0 Å². The van der Waals surface area contributed by atoms with Gasteiger partial charge in [-0.15, -0.1) is 0 Å². The standard InChI is InChI=1S/C13H18N6O2/c1-7(2)19-11-9(5-16-19)4-10(6-15-11)18-12(20)8(3)17-13(14)21/h4-8H,1-3H3,(H,18,20)(H3,14,17,21)/t8-/m1/s1. The van der Waals surface area contributed by atoms with Crippen molar-refractivity contribution in [2.45, 2.75) is 32.9 Å². The van der Waals surface area contributed by atoms with Crippen LogP contribution in [0.25, 0.3) is 11.0 Å². The summed E-state index contributed by atoms with van der Waals surface area (Å²) >= 11 is 0. The third-order valence-corrected chi connectivity index (χ3v) is 2.94. The molecule has 2 aromatic heterocycles. The van der Waals surface area contributed by atoms with E-state index >= 15 is 0 Å². The number of anilines is 1. The van der Waals surface area contributed by atoms with Crippen molar-refractivity contribution in [3.8, 4) is 0 Å². The van der Waals surface area contributed by atoms with Crippen molar-refractivity contribution in [2.75, 3.05) is 5.32 Å². The largest absolute Gasteiger partial charge is 0.352 e. The van der Waals surface area contributed by atoms with E-state index in [1.54, 1.807) is 30.1 Å². The van der Waals surface area contributed by atoms with E-state index in [0.29, 0.717) is 5.69 Å². The molecule has 0 aliphatic heterocycles. The first kappa shape index (κ1) is 14.8. The van der Waals surface area contributed by atoms with Crippen LogP contribution in [0.5, 0.6) is 0 Å². The lowest BCUT2D eigenvalue weighted by Crippen LogP contribution is -2.44. The Kier molecular flexibility index (Phi) is 4.06. The van der Waals surface area contributed by atoms with Gasteiger partial charge in [-0.2, -0.15) is 5.10 Å². The van der Waals surface area contributed by atoms with E-state index in [9.17, 15) is 9.59 Å². The van der Waals surface area contributed by atoms with E-state index in [1.807, 2.05) is 13.8 Å². The van der Waals surface area contributed by atoms with Gasteiger partial charge in [-0.3, -0.25) is 4.79 Å². The lowest BCUT2D eigenvalue weighted by Gasteiger charge is -2.12. The first-order chi connectivity index (χ1) is 9.88. The zero-order chi connectivity index (χ0) is 15.6. The number of aromatic nitrogens is 3. The number of rotatable bonds is 4. The van der Waals surface area contributed by atoms with Gasteiger partial charge < -0.3 is 16.4 Å². The summed E-state index contributed by atoms with van der Waals surface area (Å²) in [4.78, 5) is 26.9. The van der Waals surface area contributed by atoms with Crippen molar-refractivity contribution in [2.24, 2.45) is 5.73 Å². The highest BCUT2D eigenvalue weighted by atomic mass is 16.2. The van der Waals surface area contributed by atoms with Gasteiger partial charge in [0.1, 0.15) is 6.04 Å². The average molecular weight is 290 g/mol. The molecule has 112 valence electrons. The highest BCUT2D eigenvalue weighted by Gasteiger charge is 2.15. The van der Waals surface area contributed by atoms with Gasteiger partial charge in [0.05, 0.1) is 18.1 Å². The molecule has 3 amide bonds. The smallest absolute Gasteiger partial charge is 0.312 e. The molecular formula is C13H18N6O2. The SMILES string of the molecule is CC(C)n1ncc2cc(NC(=O)[C@@H](C)NC(N)=O)cnc21. The van der Waals surface area contributed by atoms with Gasteiger partial charge >= 0.3 is 6.03 Å². The summed E-state index contributed by atoms with van der Waals surface area (Å²) in [6.07, 6.45) is 3.25. The van der Waals surface area contributed by atoms with Crippen LogP contribution in [-0.2, 0) is 4.79 Å². The number of pyridine rings is 1. The van der Waals surface area contributed by atoms with Gasteiger partial charge in [-0.25, -0.2) is 14.5 Å². The van der Waals surface area contributed by atoms with E-state index in [4.69, 9.17) is 5.73 Å². The number of urea groups is 1. The quantitative estimate of drug-likeness (QED) is 0.779. The van der Waals surface area contributed by atoms with Crippen LogP contribution in [0, 0.1) is 0 Å². The molecule has 8 nitrogen and oxygen atoms in total. The summed E-state index contributed by atoms with van der Waals surface area (Å²) in [7, 11) is 0. The zero-order valence-corrected chi connectivity index (χ0v) is 12.1. The Morgan fingerprint density at radius 3 is 2.62 bits per heavy atom. The van der Waals surface area contributed by atoms with Crippen LogP contribution in [0.4, 0.5) is 10.5 Å². The van der Waals surface area contributed by atoms with Crippen molar-refractivity contribution >= 4 is 28.7 Å². The molecule has 8 heteroatoms. The lowest BCUT2D eigenvalue weighted by molar-refractivity contribution is -0.117. The molecule has 0 saturated heterocycles. The number of carbonyl (C=O) groups is 2. The number of nitrogens with zero attached hydrogens (tertiary/aromatic N) is 3.